The van der Waals surface area contributed by atoms with Gasteiger partial charge in [0.15, 0.2) is 10.8 Å². The second-order valence-electron chi connectivity index (χ2n) is 4.01. The summed E-state index contributed by atoms with van der Waals surface area (Å²) in [6.07, 6.45) is 1.38. The molecule has 0 saturated heterocycles. The molecular weight excluding hydrogens is 370 g/mol. The Morgan fingerprint density at radius 2 is 1.86 bits per heavy atom. The van der Waals surface area contributed by atoms with E-state index in [4.69, 9.17) is 52.1 Å². The van der Waals surface area contributed by atoms with Gasteiger partial charge in [0, 0.05) is 10.6 Å². The fourth-order valence-corrected chi connectivity index (χ4v) is 2.25. The highest BCUT2D eigenvalue weighted by molar-refractivity contribution is 6.46. The molecule has 0 spiro atoms. The Hall–Kier alpha value is -1.53. The number of benzene rings is 1. The van der Waals surface area contributed by atoms with Crippen LogP contribution in [0.1, 0.15) is 16.1 Å². The smallest absolute Gasteiger partial charge is 0.291 e. The van der Waals surface area contributed by atoms with E-state index in [-0.39, 0.29) is 26.6 Å². The number of amides is 1. The quantitative estimate of drug-likeness (QED) is 0.481. The molecule has 1 amide bonds. The number of anilines is 1. The molecule has 1 aromatic carbocycles. The first kappa shape index (κ1) is 16.8. The highest BCUT2D eigenvalue weighted by atomic mass is 35.5. The Morgan fingerprint density at radius 1 is 1.18 bits per heavy atom. The van der Waals surface area contributed by atoms with Gasteiger partial charge in [-0.25, -0.2) is 10.4 Å². The topological polar surface area (TPSA) is 80.4 Å². The summed E-state index contributed by atoms with van der Waals surface area (Å²) in [6.45, 7) is 0. The van der Waals surface area contributed by atoms with E-state index in [9.17, 15) is 4.79 Å². The summed E-state index contributed by atoms with van der Waals surface area (Å²) in [4.78, 5) is 15.8. The van der Waals surface area contributed by atoms with Crippen LogP contribution < -0.4 is 11.2 Å². The number of nitrogens with zero attached hydrogens (tertiary/aromatic N) is 2. The predicted molar refractivity (Wildman–Crippen MR) is 90.2 cm³/mol. The van der Waals surface area contributed by atoms with E-state index in [1.54, 1.807) is 24.3 Å². The number of aromatic nitrogens is 1. The SMILES string of the molecule is Nc1c(Cl)c(Cl)nc(C(=O)N/N=C/c2ccccc2Cl)c1Cl. The molecule has 0 bridgehead atoms. The van der Waals surface area contributed by atoms with Crippen molar-refractivity contribution in [2.45, 2.75) is 0 Å². The molecule has 0 atom stereocenters. The molecule has 0 radical (unpaired) electrons. The Balaban J connectivity index is 2.19. The highest BCUT2D eigenvalue weighted by Crippen LogP contribution is 2.34. The largest absolute Gasteiger partial charge is 0.396 e. The van der Waals surface area contributed by atoms with Crippen LogP contribution in [0.4, 0.5) is 5.69 Å². The average Bonchev–Trinajstić information content (AvgIpc) is 2.50. The summed E-state index contributed by atoms with van der Waals surface area (Å²) in [6, 6.07) is 7.00. The summed E-state index contributed by atoms with van der Waals surface area (Å²) < 4.78 is 0. The minimum Gasteiger partial charge on any atom is -0.396 e. The van der Waals surface area contributed by atoms with Crippen molar-refractivity contribution in [3.8, 4) is 0 Å². The first-order chi connectivity index (χ1) is 10.4. The van der Waals surface area contributed by atoms with E-state index in [2.05, 4.69) is 15.5 Å². The molecule has 0 fully saturated rings. The fourth-order valence-electron chi connectivity index (χ4n) is 1.47. The van der Waals surface area contributed by atoms with Crippen molar-refractivity contribution in [1.82, 2.24) is 10.4 Å². The number of hydrogen-bond donors (Lipinski definition) is 2. The van der Waals surface area contributed by atoms with E-state index in [0.29, 0.717) is 10.6 Å². The first-order valence-corrected chi connectivity index (χ1v) is 7.31. The molecule has 1 heterocycles. The Bertz CT molecular complexity index is 764. The zero-order valence-electron chi connectivity index (χ0n) is 10.8. The van der Waals surface area contributed by atoms with Gasteiger partial charge >= 0.3 is 0 Å². The number of halogens is 4. The first-order valence-electron chi connectivity index (χ1n) is 5.79. The molecule has 3 N–H and O–H groups in total. The van der Waals surface area contributed by atoms with Gasteiger partial charge < -0.3 is 5.73 Å². The van der Waals surface area contributed by atoms with Crippen molar-refractivity contribution in [2.75, 3.05) is 5.73 Å². The number of hydrazone groups is 1. The van der Waals surface area contributed by atoms with Crippen LogP contribution in [0.5, 0.6) is 0 Å². The maximum atomic E-state index is 12.0. The van der Waals surface area contributed by atoms with Crippen LogP contribution in [0.15, 0.2) is 29.4 Å². The Kier molecular flexibility index (Phi) is 5.47. The third-order valence-electron chi connectivity index (χ3n) is 2.56. The summed E-state index contributed by atoms with van der Waals surface area (Å²) >= 11 is 23.4. The molecule has 2 aromatic rings. The van der Waals surface area contributed by atoms with Gasteiger partial charge in [-0.05, 0) is 6.07 Å². The van der Waals surface area contributed by atoms with Gasteiger partial charge in [0.25, 0.3) is 5.91 Å². The second-order valence-corrected chi connectivity index (χ2v) is 5.53. The predicted octanol–water partition coefficient (Wildman–Crippen LogP) is 4.04. The summed E-state index contributed by atoms with van der Waals surface area (Å²) in [5.41, 5.74) is 8.33. The van der Waals surface area contributed by atoms with Gasteiger partial charge in [0.05, 0.1) is 16.9 Å². The lowest BCUT2D eigenvalue weighted by molar-refractivity contribution is 0.0950. The molecule has 0 aliphatic heterocycles. The van der Waals surface area contributed by atoms with Gasteiger partial charge in [-0.15, -0.1) is 0 Å². The zero-order chi connectivity index (χ0) is 16.3. The van der Waals surface area contributed by atoms with Crippen molar-refractivity contribution in [1.29, 1.82) is 0 Å². The van der Waals surface area contributed by atoms with E-state index < -0.39 is 5.91 Å². The van der Waals surface area contributed by atoms with E-state index in [1.807, 2.05) is 0 Å². The lowest BCUT2D eigenvalue weighted by atomic mass is 10.2. The number of nitrogen functional groups attached to an aromatic ring is 1. The van der Waals surface area contributed by atoms with E-state index in [0.717, 1.165) is 0 Å². The summed E-state index contributed by atoms with van der Waals surface area (Å²) in [7, 11) is 0. The van der Waals surface area contributed by atoms with Crippen LogP contribution >= 0.6 is 46.4 Å². The highest BCUT2D eigenvalue weighted by Gasteiger charge is 2.19. The van der Waals surface area contributed by atoms with Crippen LogP contribution in [0.3, 0.4) is 0 Å². The van der Waals surface area contributed by atoms with Gasteiger partial charge in [-0.1, -0.05) is 64.6 Å². The number of nitrogens with two attached hydrogens (primary N) is 1. The molecule has 1 aromatic heterocycles. The minimum atomic E-state index is -0.682. The van der Waals surface area contributed by atoms with Gasteiger partial charge in [-0.2, -0.15) is 5.10 Å². The van der Waals surface area contributed by atoms with Crippen LogP contribution in [0.25, 0.3) is 0 Å². The number of rotatable bonds is 3. The summed E-state index contributed by atoms with van der Waals surface area (Å²) in [5.74, 6) is -0.682. The average molecular weight is 378 g/mol. The fraction of sp³-hybridized carbons (Fsp3) is 0. The van der Waals surface area contributed by atoms with Gasteiger partial charge in [0.1, 0.15) is 5.02 Å². The Labute approximate surface area is 146 Å². The number of pyridine rings is 1. The maximum absolute atomic E-state index is 12.0. The number of nitrogens with one attached hydrogen (secondary N) is 1. The number of carbonyl (C=O) groups excluding carboxylic acids is 1. The number of hydrogen-bond acceptors (Lipinski definition) is 4. The normalized spacial score (nSPS) is 10.9. The number of carbonyl (C=O) groups is 1. The molecule has 114 valence electrons. The second kappa shape index (κ2) is 7.15. The molecule has 0 aliphatic rings. The van der Waals surface area contributed by atoms with Crippen molar-refractivity contribution in [3.05, 3.63) is 55.7 Å². The van der Waals surface area contributed by atoms with Gasteiger partial charge in [-0.3, -0.25) is 4.79 Å². The molecule has 0 aliphatic carbocycles. The molecule has 9 heteroatoms. The zero-order valence-corrected chi connectivity index (χ0v) is 13.8. The lowest BCUT2D eigenvalue weighted by Crippen LogP contribution is -2.20. The minimum absolute atomic E-state index is 0.0113. The molecule has 0 unspecified atom stereocenters. The molecule has 5 nitrogen and oxygen atoms in total. The van der Waals surface area contributed by atoms with Crippen LogP contribution in [0.2, 0.25) is 20.2 Å². The van der Waals surface area contributed by atoms with E-state index in [1.165, 1.54) is 6.21 Å². The molecular formula is C13H8Cl4N4O. The summed E-state index contributed by atoms with van der Waals surface area (Å²) in [5, 5.41) is 4.04. The van der Waals surface area contributed by atoms with Crippen molar-refractivity contribution >= 4 is 64.2 Å². The van der Waals surface area contributed by atoms with Crippen LogP contribution in [0, 0.1) is 0 Å². The standard InChI is InChI=1S/C13H8Cl4N4O/c14-7-4-2-1-3-6(7)5-19-21-13(22)11-8(15)10(18)9(16)12(17)20-11/h1-5H,(H2,18,20)(H,21,22)/b19-5+. The maximum Gasteiger partial charge on any atom is 0.291 e. The monoisotopic (exact) mass is 376 g/mol. The van der Waals surface area contributed by atoms with Gasteiger partial charge in [0.2, 0.25) is 0 Å². The third kappa shape index (κ3) is 3.62. The Morgan fingerprint density at radius 3 is 2.55 bits per heavy atom. The van der Waals surface area contributed by atoms with Crippen molar-refractivity contribution < 1.29 is 4.79 Å². The van der Waals surface area contributed by atoms with Crippen molar-refractivity contribution in [2.24, 2.45) is 5.10 Å². The molecule has 22 heavy (non-hydrogen) atoms. The third-order valence-corrected chi connectivity index (χ3v) is 4.04. The van der Waals surface area contributed by atoms with Crippen molar-refractivity contribution in [3.63, 3.8) is 0 Å². The lowest BCUT2D eigenvalue weighted by Gasteiger charge is -2.07. The molecule has 2 rings (SSSR count). The van der Waals surface area contributed by atoms with Crippen LogP contribution in [-0.2, 0) is 0 Å². The van der Waals surface area contributed by atoms with E-state index >= 15 is 0 Å². The molecule has 0 saturated carbocycles. The van der Waals surface area contributed by atoms with Crippen LogP contribution in [-0.4, -0.2) is 17.1 Å².